The highest BCUT2D eigenvalue weighted by Crippen LogP contribution is 2.27. The fraction of sp³-hybridized carbons (Fsp3) is 0.174. The Bertz CT molecular complexity index is 1210. The third-order valence-electron chi connectivity index (χ3n) is 4.79. The van der Waals surface area contributed by atoms with E-state index in [1.54, 1.807) is 30.1 Å². The Labute approximate surface area is 198 Å². The van der Waals surface area contributed by atoms with Crippen LogP contribution < -0.4 is 0 Å². The zero-order chi connectivity index (χ0) is 22.5. The molecular weight excluding hydrogens is 467 g/mol. The van der Waals surface area contributed by atoms with Gasteiger partial charge in [0.25, 0.3) is 0 Å². The van der Waals surface area contributed by atoms with Crippen LogP contribution in [-0.4, -0.2) is 38.4 Å². The van der Waals surface area contributed by atoms with E-state index in [-0.39, 0.29) is 17.5 Å². The zero-order valence-corrected chi connectivity index (χ0v) is 19.6. The highest BCUT2D eigenvalue weighted by Gasteiger charge is 2.19. The molecule has 4 rings (SSSR count). The predicted molar refractivity (Wildman–Crippen MR) is 127 cm³/mol. The molecule has 0 aliphatic carbocycles. The van der Waals surface area contributed by atoms with Crippen LogP contribution in [0.25, 0.3) is 11.4 Å². The van der Waals surface area contributed by atoms with Crippen molar-refractivity contribution < 1.29 is 9.18 Å². The van der Waals surface area contributed by atoms with E-state index in [4.69, 9.17) is 11.6 Å². The molecule has 4 aromatic rings. The Balaban J connectivity index is 1.54. The molecular formula is C23H20ClFN4OS2. The smallest absolute Gasteiger partial charge is 0.233 e. The first-order valence-electron chi connectivity index (χ1n) is 9.84. The molecule has 1 amide bonds. The second-order valence-corrected chi connectivity index (χ2v) is 9.84. The van der Waals surface area contributed by atoms with Gasteiger partial charge in [-0.25, -0.2) is 4.39 Å². The van der Waals surface area contributed by atoms with Crippen LogP contribution in [0, 0.1) is 5.82 Å². The van der Waals surface area contributed by atoms with E-state index < -0.39 is 0 Å². The lowest BCUT2D eigenvalue weighted by Crippen LogP contribution is -2.27. The minimum absolute atomic E-state index is 0.0405. The Hall–Kier alpha value is -2.68. The Morgan fingerprint density at radius 2 is 1.84 bits per heavy atom. The molecule has 164 valence electrons. The standard InChI is InChI=1S/C23H20ClFN4OS2/c1-28(14-17-11-12-20(24)32-17)21(30)15-31-23-27-26-22(18-9-5-6-10-19(18)25)29(23)13-16-7-3-2-4-8-16/h2-12H,13-15H2,1H3. The van der Waals surface area contributed by atoms with E-state index in [0.29, 0.717) is 34.0 Å². The third kappa shape index (κ3) is 5.38. The summed E-state index contributed by atoms with van der Waals surface area (Å²) in [6, 6.07) is 20.1. The number of thiophene rings is 1. The first-order chi connectivity index (χ1) is 15.5. The number of hydrogen-bond donors (Lipinski definition) is 0. The first-order valence-corrected chi connectivity index (χ1v) is 12.0. The molecule has 0 aliphatic heterocycles. The maximum atomic E-state index is 14.5. The normalized spacial score (nSPS) is 11.0. The van der Waals surface area contributed by atoms with Gasteiger partial charge in [-0.05, 0) is 29.8 Å². The Morgan fingerprint density at radius 3 is 2.56 bits per heavy atom. The molecule has 0 saturated carbocycles. The van der Waals surface area contributed by atoms with Crippen molar-refractivity contribution >= 4 is 40.6 Å². The van der Waals surface area contributed by atoms with E-state index in [9.17, 15) is 9.18 Å². The van der Waals surface area contributed by atoms with Crippen LogP contribution in [0.2, 0.25) is 4.34 Å². The van der Waals surface area contributed by atoms with Gasteiger partial charge >= 0.3 is 0 Å². The van der Waals surface area contributed by atoms with E-state index in [0.717, 1.165) is 10.4 Å². The van der Waals surface area contributed by atoms with E-state index in [1.807, 2.05) is 47.0 Å². The summed E-state index contributed by atoms with van der Waals surface area (Å²) in [7, 11) is 1.76. The number of benzene rings is 2. The van der Waals surface area contributed by atoms with E-state index in [1.165, 1.54) is 29.2 Å². The van der Waals surface area contributed by atoms with Crippen LogP contribution in [0.1, 0.15) is 10.4 Å². The Morgan fingerprint density at radius 1 is 1.09 bits per heavy atom. The summed E-state index contributed by atoms with van der Waals surface area (Å²) in [4.78, 5) is 15.4. The molecule has 2 heterocycles. The van der Waals surface area contributed by atoms with Gasteiger partial charge in [0.15, 0.2) is 11.0 Å². The van der Waals surface area contributed by atoms with Crippen LogP contribution in [0.5, 0.6) is 0 Å². The molecule has 0 radical (unpaired) electrons. The number of aromatic nitrogens is 3. The molecule has 0 spiro atoms. The fourth-order valence-electron chi connectivity index (χ4n) is 3.14. The molecule has 0 saturated heterocycles. The van der Waals surface area contributed by atoms with Crippen molar-refractivity contribution in [3.8, 4) is 11.4 Å². The predicted octanol–water partition coefficient (Wildman–Crippen LogP) is 5.60. The largest absolute Gasteiger partial charge is 0.340 e. The van der Waals surface area contributed by atoms with Gasteiger partial charge in [-0.3, -0.25) is 9.36 Å². The zero-order valence-electron chi connectivity index (χ0n) is 17.2. The van der Waals surface area contributed by atoms with E-state index >= 15 is 0 Å². The molecule has 0 unspecified atom stereocenters. The number of carbonyl (C=O) groups excluding carboxylic acids is 1. The molecule has 32 heavy (non-hydrogen) atoms. The first kappa shape index (κ1) is 22.5. The minimum Gasteiger partial charge on any atom is -0.340 e. The average molecular weight is 487 g/mol. The Kier molecular flexibility index (Phi) is 7.24. The van der Waals surface area contributed by atoms with Gasteiger partial charge in [0.05, 0.1) is 28.7 Å². The minimum atomic E-state index is -0.365. The summed E-state index contributed by atoms with van der Waals surface area (Å²) in [6.07, 6.45) is 0. The van der Waals surface area contributed by atoms with Gasteiger partial charge in [0.1, 0.15) is 5.82 Å². The van der Waals surface area contributed by atoms with Gasteiger partial charge in [0, 0.05) is 11.9 Å². The number of carbonyl (C=O) groups is 1. The SMILES string of the molecule is CN(Cc1ccc(Cl)s1)C(=O)CSc1nnc(-c2ccccc2F)n1Cc1ccccc1. The van der Waals surface area contributed by atoms with Crippen LogP contribution in [0.15, 0.2) is 71.9 Å². The summed E-state index contributed by atoms with van der Waals surface area (Å²) < 4.78 is 17.0. The summed E-state index contributed by atoms with van der Waals surface area (Å²) in [5, 5.41) is 9.09. The van der Waals surface area contributed by atoms with Crippen LogP contribution in [0.4, 0.5) is 4.39 Å². The van der Waals surface area contributed by atoms with Crippen LogP contribution >= 0.6 is 34.7 Å². The highest BCUT2D eigenvalue weighted by atomic mass is 35.5. The number of amides is 1. The maximum absolute atomic E-state index is 14.5. The van der Waals surface area contributed by atoms with Crippen molar-refractivity contribution in [3.63, 3.8) is 0 Å². The van der Waals surface area contributed by atoms with Crippen molar-refractivity contribution in [1.29, 1.82) is 0 Å². The summed E-state index contributed by atoms with van der Waals surface area (Å²) in [5.41, 5.74) is 1.41. The molecule has 0 N–H and O–H groups in total. The third-order valence-corrected chi connectivity index (χ3v) is 6.95. The molecule has 0 aliphatic rings. The van der Waals surface area contributed by atoms with Crippen molar-refractivity contribution in [2.24, 2.45) is 0 Å². The summed E-state index contributed by atoms with van der Waals surface area (Å²) >= 11 is 8.73. The van der Waals surface area contributed by atoms with Gasteiger partial charge < -0.3 is 4.90 Å². The number of thioether (sulfide) groups is 1. The van der Waals surface area contributed by atoms with Gasteiger partial charge in [-0.1, -0.05) is 65.8 Å². The number of rotatable bonds is 8. The lowest BCUT2D eigenvalue weighted by molar-refractivity contribution is -0.127. The van der Waals surface area contributed by atoms with Crippen molar-refractivity contribution in [3.05, 3.63) is 87.3 Å². The monoisotopic (exact) mass is 486 g/mol. The molecule has 0 bridgehead atoms. The van der Waals surface area contributed by atoms with E-state index in [2.05, 4.69) is 10.2 Å². The number of hydrogen-bond acceptors (Lipinski definition) is 5. The topological polar surface area (TPSA) is 51.0 Å². The van der Waals surface area contributed by atoms with Crippen molar-refractivity contribution in [1.82, 2.24) is 19.7 Å². The fourth-order valence-corrected chi connectivity index (χ4v) is 5.16. The van der Waals surface area contributed by atoms with Gasteiger partial charge in [-0.2, -0.15) is 0 Å². The molecule has 0 atom stereocenters. The molecule has 2 aromatic carbocycles. The summed E-state index contributed by atoms with van der Waals surface area (Å²) in [6.45, 7) is 0.964. The lowest BCUT2D eigenvalue weighted by Gasteiger charge is -2.16. The number of nitrogens with zero attached hydrogens (tertiary/aromatic N) is 4. The van der Waals surface area contributed by atoms with Crippen molar-refractivity contribution in [2.75, 3.05) is 12.8 Å². The molecule has 0 fully saturated rings. The molecule has 5 nitrogen and oxygen atoms in total. The average Bonchev–Trinajstić information content (AvgIpc) is 3.38. The molecule has 9 heteroatoms. The highest BCUT2D eigenvalue weighted by molar-refractivity contribution is 7.99. The van der Waals surface area contributed by atoms with Crippen molar-refractivity contribution in [2.45, 2.75) is 18.2 Å². The van der Waals surface area contributed by atoms with Crippen LogP contribution in [0.3, 0.4) is 0 Å². The number of halogens is 2. The lowest BCUT2D eigenvalue weighted by atomic mass is 10.2. The quantitative estimate of drug-likeness (QED) is 0.304. The maximum Gasteiger partial charge on any atom is 0.233 e. The second kappa shape index (κ2) is 10.3. The second-order valence-electron chi connectivity index (χ2n) is 7.10. The van der Waals surface area contributed by atoms with Crippen LogP contribution in [-0.2, 0) is 17.9 Å². The summed E-state index contributed by atoms with van der Waals surface area (Å²) in [5.74, 6) is 0.223. The molecule has 2 aromatic heterocycles. The van der Waals surface area contributed by atoms with Gasteiger partial charge in [0.2, 0.25) is 5.91 Å². The van der Waals surface area contributed by atoms with Gasteiger partial charge in [-0.15, -0.1) is 21.5 Å².